The fraction of sp³-hybridized carbons (Fsp3) is 0.684. The third kappa shape index (κ3) is 10.5. The maximum absolute atomic E-state index is 11.2. The van der Waals surface area contributed by atoms with Gasteiger partial charge in [0.25, 0.3) is 0 Å². The van der Waals surface area contributed by atoms with E-state index in [0.29, 0.717) is 12.2 Å². The summed E-state index contributed by atoms with van der Waals surface area (Å²) in [4.78, 5) is 11.2. The molecule has 5 heteroatoms. The van der Waals surface area contributed by atoms with Gasteiger partial charge < -0.3 is 17.1 Å². The van der Waals surface area contributed by atoms with Crippen LogP contribution in [-0.2, 0) is 22.6 Å². The van der Waals surface area contributed by atoms with Crippen molar-refractivity contribution in [2.75, 3.05) is 6.61 Å². The maximum atomic E-state index is 11.2. The lowest BCUT2D eigenvalue weighted by molar-refractivity contribution is -0.696. The number of hydrogen-bond donors (Lipinski definition) is 0. The maximum Gasteiger partial charge on any atom is 0.333 e. The van der Waals surface area contributed by atoms with Crippen LogP contribution >= 0.6 is 0 Å². The minimum absolute atomic E-state index is 0. The normalized spacial score (nSPS) is 10.2. The van der Waals surface area contributed by atoms with Crippen LogP contribution in [0.2, 0.25) is 0 Å². The Kier molecular flexibility index (Phi) is 13.3. The minimum Gasteiger partial charge on any atom is -1.00 e. The van der Waals surface area contributed by atoms with Gasteiger partial charge in [-0.3, -0.25) is 0 Å². The lowest BCUT2D eigenvalue weighted by atomic mass is 10.2. The zero-order valence-electron chi connectivity index (χ0n) is 15.3. The molecule has 0 aliphatic rings. The summed E-state index contributed by atoms with van der Waals surface area (Å²) in [7, 11) is 0. The highest BCUT2D eigenvalue weighted by Crippen LogP contribution is 2.03. The highest BCUT2D eigenvalue weighted by Gasteiger charge is 2.04. The van der Waals surface area contributed by atoms with Crippen molar-refractivity contribution in [3.8, 4) is 0 Å². The number of hydrogen-bond acceptors (Lipinski definition) is 2. The van der Waals surface area contributed by atoms with Crippen molar-refractivity contribution in [3.05, 3.63) is 30.9 Å². The summed E-state index contributed by atoms with van der Waals surface area (Å²) in [5, 5.41) is 0. The molecule has 0 bridgehead atoms. The molecule has 0 fully saturated rings. The van der Waals surface area contributed by atoms with E-state index in [1.165, 1.54) is 38.5 Å². The van der Waals surface area contributed by atoms with Crippen LogP contribution in [0.15, 0.2) is 30.9 Å². The van der Waals surface area contributed by atoms with Crippen LogP contribution in [0.25, 0.3) is 0 Å². The van der Waals surface area contributed by atoms with Crippen LogP contribution in [0.4, 0.5) is 0 Å². The molecular weight excluding hydrogens is 324 g/mol. The Hall–Kier alpha value is -1.29. The van der Waals surface area contributed by atoms with Gasteiger partial charge in [-0.05, 0) is 45.4 Å². The third-order valence-corrected chi connectivity index (χ3v) is 3.91. The Balaban J connectivity index is 0.00000529. The van der Waals surface area contributed by atoms with Gasteiger partial charge in [-0.2, -0.15) is 0 Å². The van der Waals surface area contributed by atoms with Crippen molar-refractivity contribution in [1.82, 2.24) is 4.57 Å². The smallest absolute Gasteiger partial charge is 0.333 e. The van der Waals surface area contributed by atoms with Crippen LogP contribution in [0.5, 0.6) is 0 Å². The molecule has 0 aromatic carbocycles. The molecular formula is C19H33ClN2O2. The van der Waals surface area contributed by atoms with E-state index in [2.05, 4.69) is 41.4 Å². The predicted octanol–water partition coefficient (Wildman–Crippen LogP) is 1.04. The van der Waals surface area contributed by atoms with E-state index in [1.807, 2.05) is 0 Å². The number of esters is 1. The molecule has 4 nitrogen and oxygen atoms in total. The van der Waals surface area contributed by atoms with Crippen LogP contribution in [0.1, 0.15) is 65.2 Å². The molecule has 138 valence electrons. The van der Waals surface area contributed by atoms with E-state index < -0.39 is 0 Å². The first-order chi connectivity index (χ1) is 11.1. The van der Waals surface area contributed by atoms with Crippen molar-refractivity contribution < 1.29 is 26.5 Å². The fourth-order valence-electron chi connectivity index (χ4n) is 2.46. The number of unbranched alkanes of at least 4 members (excludes halogenated alkanes) is 6. The molecule has 0 aliphatic carbocycles. The highest BCUT2D eigenvalue weighted by molar-refractivity contribution is 5.86. The first-order valence-corrected chi connectivity index (χ1v) is 9.01. The average Bonchev–Trinajstić information content (AvgIpc) is 2.98. The number of aromatic nitrogens is 2. The third-order valence-electron chi connectivity index (χ3n) is 3.91. The summed E-state index contributed by atoms with van der Waals surface area (Å²) in [6, 6.07) is 0. The zero-order chi connectivity index (χ0) is 16.9. The summed E-state index contributed by atoms with van der Waals surface area (Å²) in [5.74, 6) is -0.277. The quantitative estimate of drug-likeness (QED) is 0.229. The topological polar surface area (TPSA) is 35.1 Å². The summed E-state index contributed by atoms with van der Waals surface area (Å²) in [6.07, 6.45) is 16.1. The number of imidazole rings is 1. The van der Waals surface area contributed by atoms with E-state index in [9.17, 15) is 4.79 Å². The molecule has 0 aliphatic heterocycles. The van der Waals surface area contributed by atoms with Crippen molar-refractivity contribution in [3.63, 3.8) is 0 Å². The van der Waals surface area contributed by atoms with Gasteiger partial charge >= 0.3 is 5.97 Å². The van der Waals surface area contributed by atoms with E-state index >= 15 is 0 Å². The van der Waals surface area contributed by atoms with E-state index in [-0.39, 0.29) is 18.4 Å². The van der Waals surface area contributed by atoms with Crippen molar-refractivity contribution in [2.24, 2.45) is 0 Å². The summed E-state index contributed by atoms with van der Waals surface area (Å²) < 4.78 is 9.63. The van der Waals surface area contributed by atoms with Gasteiger partial charge in [0.2, 0.25) is 6.33 Å². The van der Waals surface area contributed by atoms with Gasteiger partial charge in [-0.15, -0.1) is 0 Å². The Morgan fingerprint density at radius 2 is 1.83 bits per heavy atom. The molecule has 1 aromatic heterocycles. The molecule has 0 spiro atoms. The molecule has 0 N–H and O–H groups in total. The van der Waals surface area contributed by atoms with Crippen molar-refractivity contribution >= 4 is 5.97 Å². The first-order valence-electron chi connectivity index (χ1n) is 9.01. The molecule has 0 unspecified atom stereocenters. The molecule has 0 saturated carbocycles. The van der Waals surface area contributed by atoms with Gasteiger partial charge in [0.15, 0.2) is 0 Å². The molecule has 1 aromatic rings. The van der Waals surface area contributed by atoms with Crippen LogP contribution < -0.4 is 17.0 Å². The SMILES string of the molecule is C=C(C)C(=O)OCCCCCC[n+]1ccn(CCCCCC)c1.[Cl-]. The number of carbonyl (C=O) groups is 1. The minimum atomic E-state index is -0.277. The molecule has 0 atom stereocenters. The second-order valence-electron chi connectivity index (χ2n) is 6.28. The summed E-state index contributed by atoms with van der Waals surface area (Å²) in [6.45, 7) is 10.2. The number of halogens is 1. The number of rotatable bonds is 13. The first kappa shape index (κ1) is 22.7. The van der Waals surface area contributed by atoms with E-state index in [1.54, 1.807) is 6.92 Å². The Morgan fingerprint density at radius 1 is 1.12 bits per heavy atom. The molecule has 1 rings (SSSR count). The number of nitrogens with zero attached hydrogens (tertiary/aromatic N) is 2. The van der Waals surface area contributed by atoms with Crippen molar-refractivity contribution in [1.29, 1.82) is 0 Å². The molecule has 0 amide bonds. The number of ether oxygens (including phenoxy) is 1. The van der Waals surface area contributed by atoms with E-state index in [0.717, 1.165) is 25.9 Å². The lowest BCUT2D eigenvalue weighted by Gasteiger charge is -2.03. The van der Waals surface area contributed by atoms with Gasteiger partial charge in [0.05, 0.1) is 19.7 Å². The zero-order valence-corrected chi connectivity index (χ0v) is 16.1. The molecule has 1 heterocycles. The van der Waals surface area contributed by atoms with Crippen LogP contribution in [0.3, 0.4) is 0 Å². The average molecular weight is 357 g/mol. The highest BCUT2D eigenvalue weighted by atomic mass is 35.5. The predicted molar refractivity (Wildman–Crippen MR) is 93.0 cm³/mol. The summed E-state index contributed by atoms with van der Waals surface area (Å²) >= 11 is 0. The van der Waals surface area contributed by atoms with Crippen LogP contribution in [0, 0.1) is 0 Å². The van der Waals surface area contributed by atoms with Crippen LogP contribution in [-0.4, -0.2) is 17.1 Å². The van der Waals surface area contributed by atoms with Crippen molar-refractivity contribution in [2.45, 2.75) is 78.3 Å². The molecule has 24 heavy (non-hydrogen) atoms. The largest absolute Gasteiger partial charge is 1.00 e. The second-order valence-corrected chi connectivity index (χ2v) is 6.28. The Labute approximate surface area is 153 Å². The number of aryl methyl sites for hydroxylation is 2. The van der Waals surface area contributed by atoms with Gasteiger partial charge in [0, 0.05) is 5.57 Å². The van der Waals surface area contributed by atoms with Gasteiger partial charge in [-0.1, -0.05) is 26.3 Å². The Morgan fingerprint density at radius 3 is 2.54 bits per heavy atom. The fourth-order valence-corrected chi connectivity index (χ4v) is 2.46. The van der Waals surface area contributed by atoms with E-state index in [4.69, 9.17) is 4.74 Å². The molecule has 0 saturated heterocycles. The monoisotopic (exact) mass is 356 g/mol. The summed E-state index contributed by atoms with van der Waals surface area (Å²) in [5.41, 5.74) is 0.473. The number of carbonyl (C=O) groups excluding carboxylic acids is 1. The lowest BCUT2D eigenvalue weighted by Crippen LogP contribution is -3.00. The van der Waals surface area contributed by atoms with Gasteiger partial charge in [-0.25, -0.2) is 13.9 Å². The molecule has 0 radical (unpaired) electrons. The standard InChI is InChI=1S/C19H33N2O2.ClH/c1-4-5-6-9-12-20-14-15-21(17-20)13-10-7-8-11-16-23-19(22)18(2)3;/h14-15,17H,2,4-13,16H2,1,3H3;1H/q+1;/p-1. The Bertz CT molecular complexity index is 472. The second kappa shape index (κ2) is 14.1. The van der Waals surface area contributed by atoms with Gasteiger partial charge in [0.1, 0.15) is 12.4 Å².